The second-order valence-corrected chi connectivity index (χ2v) is 7.22. The second kappa shape index (κ2) is 8.21. The normalized spacial score (nSPS) is 16.5. The van der Waals surface area contributed by atoms with Crippen molar-refractivity contribution < 1.29 is 14.0 Å². The zero-order valence-corrected chi connectivity index (χ0v) is 15.4. The van der Waals surface area contributed by atoms with Crippen molar-refractivity contribution in [3.8, 4) is 0 Å². The first-order chi connectivity index (χ1) is 12.6. The Kier molecular flexibility index (Phi) is 5.76. The summed E-state index contributed by atoms with van der Waals surface area (Å²) in [4.78, 5) is 26.9. The van der Waals surface area contributed by atoms with Crippen molar-refractivity contribution in [2.24, 2.45) is 11.8 Å². The lowest BCUT2D eigenvalue weighted by Crippen LogP contribution is -2.44. The number of hydrogen-bond acceptors (Lipinski definition) is 3. The molecule has 3 rings (SSSR count). The summed E-state index contributed by atoms with van der Waals surface area (Å²) in [6.45, 7) is 5.42. The van der Waals surface area contributed by atoms with Crippen LogP contribution in [0.4, 0.5) is 0 Å². The summed E-state index contributed by atoms with van der Waals surface area (Å²) in [6.07, 6.45) is 4.35. The number of rotatable bonds is 5. The highest BCUT2D eigenvalue weighted by Crippen LogP contribution is 2.24. The summed E-state index contributed by atoms with van der Waals surface area (Å²) < 4.78 is 4.98. The lowest BCUT2D eigenvalue weighted by Gasteiger charge is -2.32. The minimum Gasteiger partial charge on any atom is -0.472 e. The van der Waals surface area contributed by atoms with Gasteiger partial charge in [0.05, 0.1) is 17.9 Å². The van der Waals surface area contributed by atoms with E-state index in [1.54, 1.807) is 11.0 Å². The number of piperidine rings is 1. The van der Waals surface area contributed by atoms with Gasteiger partial charge in [-0.2, -0.15) is 0 Å². The largest absolute Gasteiger partial charge is 0.472 e. The zero-order valence-electron chi connectivity index (χ0n) is 15.4. The van der Waals surface area contributed by atoms with Crippen molar-refractivity contribution >= 4 is 11.8 Å². The molecule has 1 N–H and O–H groups in total. The van der Waals surface area contributed by atoms with Crippen molar-refractivity contribution in [1.29, 1.82) is 0 Å². The van der Waals surface area contributed by atoms with Gasteiger partial charge in [0.25, 0.3) is 5.91 Å². The molecule has 5 heteroatoms. The van der Waals surface area contributed by atoms with Crippen LogP contribution >= 0.6 is 0 Å². The maximum absolute atomic E-state index is 12.8. The summed E-state index contributed by atoms with van der Waals surface area (Å²) >= 11 is 0. The molecule has 1 unspecified atom stereocenters. The molecule has 1 atom stereocenters. The smallest absolute Gasteiger partial charge is 0.257 e. The fraction of sp³-hybridized carbons (Fsp3) is 0.429. The quantitative estimate of drug-likeness (QED) is 0.891. The molecule has 0 bridgehead atoms. The Morgan fingerprint density at radius 2 is 1.81 bits per heavy atom. The van der Waals surface area contributed by atoms with E-state index in [1.807, 2.05) is 18.2 Å². The lowest BCUT2D eigenvalue weighted by molar-refractivity contribution is -0.127. The van der Waals surface area contributed by atoms with Crippen LogP contribution in [0.25, 0.3) is 0 Å². The minimum absolute atomic E-state index is 0.00860. The number of furan rings is 1. The van der Waals surface area contributed by atoms with Gasteiger partial charge in [0.1, 0.15) is 6.26 Å². The van der Waals surface area contributed by atoms with E-state index in [4.69, 9.17) is 4.42 Å². The summed E-state index contributed by atoms with van der Waals surface area (Å²) in [5, 5.41) is 3.22. The highest BCUT2D eigenvalue weighted by atomic mass is 16.3. The fourth-order valence-corrected chi connectivity index (χ4v) is 3.48. The summed E-state index contributed by atoms with van der Waals surface area (Å²) in [5.74, 6) is 0.322. The topological polar surface area (TPSA) is 62.6 Å². The zero-order chi connectivity index (χ0) is 18.5. The summed E-state index contributed by atoms with van der Waals surface area (Å²) in [6, 6.07) is 11.8. The van der Waals surface area contributed by atoms with Crippen LogP contribution in [0, 0.1) is 11.8 Å². The molecule has 1 aromatic carbocycles. The number of likely N-dealkylation sites (tertiary alicyclic amines) is 1. The number of hydrogen-bond donors (Lipinski definition) is 1. The molecule has 0 aliphatic carbocycles. The molecule has 5 nitrogen and oxygen atoms in total. The predicted octanol–water partition coefficient (Wildman–Crippen LogP) is 3.65. The Morgan fingerprint density at radius 3 is 2.38 bits per heavy atom. The molecule has 1 fully saturated rings. The number of carbonyl (C=O) groups is 2. The molecule has 0 saturated carbocycles. The van der Waals surface area contributed by atoms with E-state index in [0.717, 1.165) is 5.56 Å². The van der Waals surface area contributed by atoms with E-state index in [2.05, 4.69) is 31.3 Å². The third-order valence-corrected chi connectivity index (χ3v) is 5.04. The van der Waals surface area contributed by atoms with Gasteiger partial charge in [-0.25, -0.2) is 0 Å². The van der Waals surface area contributed by atoms with Crippen LogP contribution in [0.5, 0.6) is 0 Å². The number of nitrogens with zero attached hydrogens (tertiary/aromatic N) is 1. The maximum atomic E-state index is 12.8. The van der Waals surface area contributed by atoms with Gasteiger partial charge in [-0.15, -0.1) is 0 Å². The third-order valence-electron chi connectivity index (χ3n) is 5.04. The van der Waals surface area contributed by atoms with Gasteiger partial charge in [0.2, 0.25) is 5.91 Å². The molecular weight excluding hydrogens is 328 g/mol. The van der Waals surface area contributed by atoms with Crippen molar-refractivity contribution in [3.05, 3.63) is 60.1 Å². The molecule has 1 aromatic heterocycles. The van der Waals surface area contributed by atoms with E-state index in [0.29, 0.717) is 37.4 Å². The standard InChI is InChI=1S/C21H26N2O3/c1-15(2)19(16-6-4-3-5-7-16)22-20(24)17-8-11-23(12-9-17)21(25)18-10-13-26-14-18/h3-7,10,13-15,17,19H,8-9,11-12H2,1-2H3,(H,22,24). The molecule has 1 aliphatic heterocycles. The van der Waals surface area contributed by atoms with Gasteiger partial charge < -0.3 is 14.6 Å². The van der Waals surface area contributed by atoms with Crippen LogP contribution in [-0.4, -0.2) is 29.8 Å². The SMILES string of the molecule is CC(C)C(NC(=O)C1CCN(C(=O)c2ccoc2)CC1)c1ccccc1. The van der Waals surface area contributed by atoms with E-state index in [-0.39, 0.29) is 23.8 Å². The highest BCUT2D eigenvalue weighted by Gasteiger charge is 2.30. The Labute approximate surface area is 154 Å². The Bertz CT molecular complexity index is 717. The second-order valence-electron chi connectivity index (χ2n) is 7.22. The lowest BCUT2D eigenvalue weighted by atomic mass is 9.92. The van der Waals surface area contributed by atoms with E-state index >= 15 is 0 Å². The van der Waals surface area contributed by atoms with Gasteiger partial charge >= 0.3 is 0 Å². The van der Waals surface area contributed by atoms with Gasteiger partial charge in [0, 0.05) is 19.0 Å². The molecule has 2 aromatic rings. The first kappa shape index (κ1) is 18.2. The van der Waals surface area contributed by atoms with Gasteiger partial charge in [0.15, 0.2) is 0 Å². The molecular formula is C21H26N2O3. The van der Waals surface area contributed by atoms with Gasteiger partial charge in [-0.3, -0.25) is 9.59 Å². The van der Waals surface area contributed by atoms with E-state index in [9.17, 15) is 9.59 Å². The minimum atomic E-state index is -0.0478. The summed E-state index contributed by atoms with van der Waals surface area (Å²) in [5.41, 5.74) is 1.69. The third kappa shape index (κ3) is 4.15. The highest BCUT2D eigenvalue weighted by molar-refractivity contribution is 5.94. The molecule has 0 spiro atoms. The molecule has 2 amide bonds. The maximum Gasteiger partial charge on any atom is 0.257 e. The predicted molar refractivity (Wildman–Crippen MR) is 99.5 cm³/mol. The molecule has 138 valence electrons. The van der Waals surface area contributed by atoms with E-state index in [1.165, 1.54) is 12.5 Å². The molecule has 1 aliphatic rings. The monoisotopic (exact) mass is 354 g/mol. The Morgan fingerprint density at radius 1 is 1.12 bits per heavy atom. The van der Waals surface area contributed by atoms with Crippen LogP contribution in [-0.2, 0) is 4.79 Å². The van der Waals surface area contributed by atoms with Crippen molar-refractivity contribution in [2.75, 3.05) is 13.1 Å². The Balaban J connectivity index is 1.57. The summed E-state index contributed by atoms with van der Waals surface area (Å²) in [7, 11) is 0. The number of benzene rings is 1. The molecule has 0 radical (unpaired) electrons. The molecule has 26 heavy (non-hydrogen) atoms. The van der Waals surface area contributed by atoms with Crippen LogP contribution in [0.3, 0.4) is 0 Å². The number of nitrogens with one attached hydrogen (secondary N) is 1. The number of carbonyl (C=O) groups excluding carboxylic acids is 2. The molecule has 1 saturated heterocycles. The fourth-order valence-electron chi connectivity index (χ4n) is 3.48. The molecule has 2 heterocycles. The van der Waals surface area contributed by atoms with Gasteiger partial charge in [-0.1, -0.05) is 44.2 Å². The van der Waals surface area contributed by atoms with Crippen molar-refractivity contribution in [1.82, 2.24) is 10.2 Å². The van der Waals surface area contributed by atoms with Crippen LogP contribution in [0.15, 0.2) is 53.3 Å². The Hall–Kier alpha value is -2.56. The van der Waals surface area contributed by atoms with E-state index < -0.39 is 0 Å². The van der Waals surface area contributed by atoms with Gasteiger partial charge in [-0.05, 0) is 30.4 Å². The van der Waals surface area contributed by atoms with Crippen molar-refractivity contribution in [2.45, 2.75) is 32.7 Å². The first-order valence-corrected chi connectivity index (χ1v) is 9.23. The number of amides is 2. The average Bonchev–Trinajstić information content (AvgIpc) is 3.20. The van der Waals surface area contributed by atoms with Crippen LogP contribution in [0.1, 0.15) is 48.7 Å². The average molecular weight is 354 g/mol. The van der Waals surface area contributed by atoms with Crippen LogP contribution < -0.4 is 5.32 Å². The van der Waals surface area contributed by atoms with Crippen molar-refractivity contribution in [3.63, 3.8) is 0 Å². The first-order valence-electron chi connectivity index (χ1n) is 9.23. The van der Waals surface area contributed by atoms with Crippen LogP contribution in [0.2, 0.25) is 0 Å².